The van der Waals surface area contributed by atoms with Gasteiger partial charge in [0.05, 0.1) is 12.7 Å². The highest BCUT2D eigenvalue weighted by atomic mass is 35.5. The summed E-state index contributed by atoms with van der Waals surface area (Å²) in [6, 6.07) is 3.47. The van der Waals surface area contributed by atoms with Crippen LogP contribution in [0.1, 0.15) is 16.8 Å². The van der Waals surface area contributed by atoms with Crippen LogP contribution in [0.15, 0.2) is 18.2 Å². The summed E-state index contributed by atoms with van der Waals surface area (Å²) >= 11 is 5.80. The first kappa shape index (κ1) is 16.3. The summed E-state index contributed by atoms with van der Waals surface area (Å²) in [5.41, 5.74) is 0.223. The molecule has 0 spiro atoms. The highest BCUT2D eigenvalue weighted by Gasteiger charge is 2.22. The number of hydrogen-bond acceptors (Lipinski definition) is 4. The maximum atomic E-state index is 12.1. The second kappa shape index (κ2) is 7.72. The number of methoxy groups -OCH3 is 2. The average Bonchev–Trinajstić information content (AvgIpc) is 2.42. The number of amides is 1. The fraction of sp³-hybridized carbons (Fsp3) is 0.385. The zero-order valence-electron chi connectivity index (χ0n) is 11.2. The Kier molecular flexibility index (Phi) is 6.27. The van der Waals surface area contributed by atoms with Crippen molar-refractivity contribution in [3.63, 3.8) is 0 Å². The Hall–Kier alpha value is -1.79. The highest BCUT2D eigenvalue weighted by Crippen LogP contribution is 2.23. The zero-order valence-corrected chi connectivity index (χ0v) is 11.9. The fourth-order valence-corrected chi connectivity index (χ4v) is 1.74. The van der Waals surface area contributed by atoms with E-state index in [1.54, 1.807) is 0 Å². The van der Waals surface area contributed by atoms with Gasteiger partial charge in [-0.05, 0) is 18.2 Å². The molecule has 7 heteroatoms. The third kappa shape index (κ3) is 4.40. The molecule has 0 saturated carbocycles. The predicted molar refractivity (Wildman–Crippen MR) is 73.4 cm³/mol. The van der Waals surface area contributed by atoms with Gasteiger partial charge < -0.3 is 19.9 Å². The van der Waals surface area contributed by atoms with Gasteiger partial charge in [0.2, 0.25) is 0 Å². The van der Waals surface area contributed by atoms with E-state index in [1.165, 1.54) is 32.4 Å². The first-order valence-electron chi connectivity index (χ1n) is 5.85. The summed E-state index contributed by atoms with van der Waals surface area (Å²) < 4.78 is 9.87. The number of carboxylic acid groups (broad SMARTS) is 1. The van der Waals surface area contributed by atoms with Crippen molar-refractivity contribution in [1.29, 1.82) is 0 Å². The van der Waals surface area contributed by atoms with E-state index in [1.807, 2.05) is 0 Å². The number of halogens is 1. The van der Waals surface area contributed by atoms with Crippen LogP contribution in [0.3, 0.4) is 0 Å². The molecule has 1 aromatic carbocycles. The van der Waals surface area contributed by atoms with Crippen molar-refractivity contribution in [2.75, 3.05) is 20.8 Å². The number of rotatable bonds is 7. The van der Waals surface area contributed by atoms with Crippen LogP contribution in [-0.2, 0) is 9.53 Å². The largest absolute Gasteiger partial charge is 0.496 e. The lowest BCUT2D eigenvalue weighted by molar-refractivity contribution is -0.139. The third-order valence-corrected chi connectivity index (χ3v) is 2.86. The Balaban J connectivity index is 2.86. The fourth-order valence-electron chi connectivity index (χ4n) is 1.58. The lowest BCUT2D eigenvalue weighted by atomic mass is 10.1. The highest BCUT2D eigenvalue weighted by molar-refractivity contribution is 6.30. The van der Waals surface area contributed by atoms with E-state index >= 15 is 0 Å². The second-order valence-electron chi connectivity index (χ2n) is 3.99. The van der Waals surface area contributed by atoms with Crippen LogP contribution in [0.2, 0.25) is 5.02 Å². The first-order chi connectivity index (χ1) is 9.49. The number of carbonyl (C=O) groups is 2. The Bertz CT molecular complexity index is 492. The summed E-state index contributed by atoms with van der Waals surface area (Å²) in [6.45, 7) is 0.231. The Labute approximate surface area is 121 Å². The molecule has 0 bridgehead atoms. The molecule has 0 fully saturated rings. The molecule has 0 aromatic heterocycles. The standard InChI is InChI=1S/C13H16ClNO5/c1-19-6-5-10(13(17)18)15-12(16)9-4-3-8(14)7-11(9)20-2/h3-4,7,10H,5-6H2,1-2H3,(H,15,16)(H,17,18). The van der Waals surface area contributed by atoms with Crippen molar-refractivity contribution in [2.45, 2.75) is 12.5 Å². The molecular weight excluding hydrogens is 286 g/mol. The minimum absolute atomic E-state index is 0.174. The molecule has 0 radical (unpaired) electrons. The van der Waals surface area contributed by atoms with Crippen molar-refractivity contribution >= 4 is 23.5 Å². The number of carboxylic acids is 1. The van der Waals surface area contributed by atoms with Crippen LogP contribution < -0.4 is 10.1 Å². The van der Waals surface area contributed by atoms with Crippen molar-refractivity contribution in [3.8, 4) is 5.75 Å². The van der Waals surface area contributed by atoms with Gasteiger partial charge in [-0.3, -0.25) is 4.79 Å². The van der Waals surface area contributed by atoms with Crippen molar-refractivity contribution < 1.29 is 24.2 Å². The minimum atomic E-state index is -1.12. The second-order valence-corrected chi connectivity index (χ2v) is 4.43. The quantitative estimate of drug-likeness (QED) is 0.798. The summed E-state index contributed by atoms with van der Waals surface area (Å²) in [5, 5.41) is 11.9. The Morgan fingerprint density at radius 1 is 1.40 bits per heavy atom. The van der Waals surface area contributed by atoms with Crippen LogP contribution in [0, 0.1) is 0 Å². The van der Waals surface area contributed by atoms with Gasteiger partial charge in [-0.2, -0.15) is 0 Å². The molecule has 110 valence electrons. The molecular formula is C13H16ClNO5. The maximum absolute atomic E-state index is 12.1. The number of hydrogen-bond donors (Lipinski definition) is 2. The molecule has 1 amide bonds. The van der Waals surface area contributed by atoms with Gasteiger partial charge in [0.15, 0.2) is 0 Å². The molecule has 6 nitrogen and oxygen atoms in total. The number of nitrogens with one attached hydrogen (secondary N) is 1. The van der Waals surface area contributed by atoms with Gasteiger partial charge in [0, 0.05) is 25.2 Å². The lowest BCUT2D eigenvalue weighted by Crippen LogP contribution is -2.41. The van der Waals surface area contributed by atoms with Gasteiger partial charge in [-0.15, -0.1) is 0 Å². The van der Waals surface area contributed by atoms with E-state index in [4.69, 9.17) is 26.2 Å². The smallest absolute Gasteiger partial charge is 0.326 e. The number of ether oxygens (including phenoxy) is 2. The van der Waals surface area contributed by atoms with E-state index in [0.29, 0.717) is 5.02 Å². The predicted octanol–water partition coefficient (Wildman–Crippen LogP) is 1.57. The Morgan fingerprint density at radius 2 is 2.10 bits per heavy atom. The van der Waals surface area contributed by atoms with Crippen LogP contribution in [-0.4, -0.2) is 43.9 Å². The summed E-state index contributed by atoms with van der Waals surface area (Å²) in [6.07, 6.45) is 0.174. The number of benzene rings is 1. The van der Waals surface area contributed by atoms with Gasteiger partial charge in [0.25, 0.3) is 5.91 Å². The maximum Gasteiger partial charge on any atom is 0.326 e. The van der Waals surface area contributed by atoms with E-state index in [9.17, 15) is 9.59 Å². The normalized spacial score (nSPS) is 11.8. The molecule has 1 rings (SSSR count). The van der Waals surface area contributed by atoms with E-state index in [-0.39, 0.29) is 24.3 Å². The molecule has 0 aliphatic heterocycles. The zero-order chi connectivity index (χ0) is 15.1. The van der Waals surface area contributed by atoms with Crippen LogP contribution in [0.25, 0.3) is 0 Å². The van der Waals surface area contributed by atoms with E-state index in [0.717, 1.165) is 0 Å². The molecule has 1 atom stereocenters. The molecule has 2 N–H and O–H groups in total. The van der Waals surface area contributed by atoms with Crippen LogP contribution in [0.5, 0.6) is 5.75 Å². The van der Waals surface area contributed by atoms with Crippen LogP contribution in [0.4, 0.5) is 0 Å². The van der Waals surface area contributed by atoms with Gasteiger partial charge in [-0.25, -0.2) is 4.79 Å². The third-order valence-electron chi connectivity index (χ3n) is 2.62. The van der Waals surface area contributed by atoms with E-state index < -0.39 is 17.9 Å². The number of carbonyl (C=O) groups excluding carboxylic acids is 1. The Morgan fingerprint density at radius 3 is 2.65 bits per heavy atom. The van der Waals surface area contributed by atoms with Gasteiger partial charge in [-0.1, -0.05) is 11.6 Å². The number of aliphatic carboxylic acids is 1. The van der Waals surface area contributed by atoms with Crippen LogP contribution >= 0.6 is 11.6 Å². The molecule has 1 unspecified atom stereocenters. The average molecular weight is 302 g/mol. The molecule has 0 aliphatic carbocycles. The van der Waals surface area contributed by atoms with Gasteiger partial charge >= 0.3 is 5.97 Å². The topological polar surface area (TPSA) is 84.9 Å². The monoisotopic (exact) mass is 301 g/mol. The van der Waals surface area contributed by atoms with Crippen molar-refractivity contribution in [3.05, 3.63) is 28.8 Å². The summed E-state index contributed by atoms with van der Waals surface area (Å²) in [5.74, 6) is -1.38. The molecule has 0 heterocycles. The molecule has 0 saturated heterocycles. The molecule has 20 heavy (non-hydrogen) atoms. The first-order valence-corrected chi connectivity index (χ1v) is 6.23. The molecule has 0 aliphatic rings. The lowest BCUT2D eigenvalue weighted by Gasteiger charge is -2.15. The molecule has 1 aromatic rings. The van der Waals surface area contributed by atoms with Gasteiger partial charge in [0.1, 0.15) is 11.8 Å². The van der Waals surface area contributed by atoms with Crippen molar-refractivity contribution in [2.24, 2.45) is 0 Å². The van der Waals surface area contributed by atoms with Crippen molar-refractivity contribution in [1.82, 2.24) is 5.32 Å². The minimum Gasteiger partial charge on any atom is -0.496 e. The van der Waals surface area contributed by atoms with E-state index in [2.05, 4.69) is 5.32 Å². The summed E-state index contributed by atoms with van der Waals surface area (Å²) in [4.78, 5) is 23.1. The summed E-state index contributed by atoms with van der Waals surface area (Å²) in [7, 11) is 2.87. The SMILES string of the molecule is COCCC(NC(=O)c1ccc(Cl)cc1OC)C(=O)O.